The summed E-state index contributed by atoms with van der Waals surface area (Å²) in [6.45, 7) is 2.34. The third kappa shape index (κ3) is 2.83. The van der Waals surface area contributed by atoms with E-state index in [4.69, 9.17) is 10.3 Å². The second-order valence-corrected chi connectivity index (χ2v) is 6.89. The van der Waals surface area contributed by atoms with Crippen molar-refractivity contribution in [3.8, 4) is 6.07 Å². The first-order valence-corrected chi connectivity index (χ1v) is 8.18. The lowest BCUT2D eigenvalue weighted by atomic mass is 9.79. The number of amidine groups is 1. The molecule has 3 rings (SSSR count). The first-order chi connectivity index (χ1) is 9.69. The summed E-state index contributed by atoms with van der Waals surface area (Å²) >= 11 is 1.81. The van der Waals surface area contributed by atoms with Gasteiger partial charge in [-0.05, 0) is 49.8 Å². The van der Waals surface area contributed by atoms with Crippen molar-refractivity contribution in [3.05, 3.63) is 29.8 Å². The first kappa shape index (κ1) is 13.5. The van der Waals surface area contributed by atoms with E-state index in [0.717, 1.165) is 22.5 Å². The minimum absolute atomic E-state index is 0.173. The molecule has 1 aliphatic heterocycles. The molecule has 1 heterocycles. The molecule has 4 heteroatoms. The monoisotopic (exact) mass is 285 g/mol. The largest absolute Gasteiger partial charge is 0.335 e. The fourth-order valence-electron chi connectivity index (χ4n) is 2.89. The lowest BCUT2D eigenvalue weighted by Crippen LogP contribution is -2.32. The van der Waals surface area contributed by atoms with Gasteiger partial charge >= 0.3 is 0 Å². The van der Waals surface area contributed by atoms with Gasteiger partial charge in [0.05, 0.1) is 17.2 Å². The molecule has 0 unspecified atom stereocenters. The fraction of sp³-hybridized carbons (Fsp3) is 0.500. The number of hydrogen-bond acceptors (Lipinski definition) is 4. The van der Waals surface area contributed by atoms with E-state index < -0.39 is 0 Å². The van der Waals surface area contributed by atoms with E-state index in [9.17, 15) is 0 Å². The maximum absolute atomic E-state index is 8.93. The van der Waals surface area contributed by atoms with Gasteiger partial charge in [0.15, 0.2) is 5.17 Å². The van der Waals surface area contributed by atoms with Crippen molar-refractivity contribution in [1.29, 1.82) is 5.26 Å². The lowest BCUT2D eigenvalue weighted by molar-refractivity contribution is 0.273. The maximum atomic E-state index is 8.93. The Kier molecular flexibility index (Phi) is 3.71. The van der Waals surface area contributed by atoms with Crippen LogP contribution in [0.2, 0.25) is 0 Å². The highest BCUT2D eigenvalue weighted by Crippen LogP contribution is 2.41. The Balaban J connectivity index is 1.71. The number of benzene rings is 1. The van der Waals surface area contributed by atoms with Crippen LogP contribution in [0.15, 0.2) is 29.3 Å². The van der Waals surface area contributed by atoms with Gasteiger partial charge in [0, 0.05) is 11.4 Å². The molecule has 2 aliphatic rings. The average molecular weight is 285 g/mol. The summed E-state index contributed by atoms with van der Waals surface area (Å²) in [5.41, 5.74) is 1.81. The van der Waals surface area contributed by atoms with E-state index in [1.165, 1.54) is 25.7 Å². The quantitative estimate of drug-likeness (QED) is 0.847. The van der Waals surface area contributed by atoms with Crippen LogP contribution >= 0.6 is 11.8 Å². The Labute approximate surface area is 124 Å². The highest BCUT2D eigenvalue weighted by atomic mass is 32.2. The van der Waals surface area contributed by atoms with Crippen LogP contribution in [0.25, 0.3) is 0 Å². The third-order valence-electron chi connectivity index (χ3n) is 4.26. The predicted octanol–water partition coefficient (Wildman–Crippen LogP) is 4.02. The summed E-state index contributed by atoms with van der Waals surface area (Å²) in [6.07, 6.45) is 5.01. The van der Waals surface area contributed by atoms with Gasteiger partial charge in [-0.15, -0.1) is 0 Å². The summed E-state index contributed by atoms with van der Waals surface area (Å²) in [5, 5.41) is 13.3. The van der Waals surface area contributed by atoms with Gasteiger partial charge in [-0.3, -0.25) is 4.99 Å². The smallest absolute Gasteiger partial charge is 0.161 e. The van der Waals surface area contributed by atoms with Crippen LogP contribution < -0.4 is 5.32 Å². The molecule has 0 saturated heterocycles. The SMILES string of the molecule is CC1CCC2(CC1)CSC(Nc1cccc(C#N)c1)=N2. The molecule has 104 valence electrons. The van der Waals surface area contributed by atoms with E-state index in [1.807, 2.05) is 36.0 Å². The van der Waals surface area contributed by atoms with Gasteiger partial charge in [-0.1, -0.05) is 24.8 Å². The summed E-state index contributed by atoms with van der Waals surface area (Å²) in [7, 11) is 0. The molecule has 0 aromatic heterocycles. The zero-order valence-corrected chi connectivity index (χ0v) is 12.5. The van der Waals surface area contributed by atoms with E-state index >= 15 is 0 Å². The number of hydrogen-bond donors (Lipinski definition) is 1. The second-order valence-electron chi connectivity index (χ2n) is 5.93. The van der Waals surface area contributed by atoms with Crippen molar-refractivity contribution in [1.82, 2.24) is 0 Å². The molecule has 1 N–H and O–H groups in total. The van der Waals surface area contributed by atoms with E-state index in [2.05, 4.69) is 18.3 Å². The predicted molar refractivity (Wildman–Crippen MR) is 85.0 cm³/mol. The number of nitriles is 1. The molecule has 1 aromatic rings. The number of anilines is 1. The minimum atomic E-state index is 0.173. The van der Waals surface area contributed by atoms with Gasteiger partial charge in [0.1, 0.15) is 0 Å². The molecule has 1 aliphatic carbocycles. The Morgan fingerprint density at radius 3 is 2.95 bits per heavy atom. The Bertz CT molecular complexity index is 565. The molecule has 20 heavy (non-hydrogen) atoms. The molecule has 1 saturated carbocycles. The highest BCUT2D eigenvalue weighted by molar-refractivity contribution is 8.14. The van der Waals surface area contributed by atoms with Crippen molar-refractivity contribution < 1.29 is 0 Å². The number of thioether (sulfide) groups is 1. The van der Waals surface area contributed by atoms with Crippen LogP contribution in [0.3, 0.4) is 0 Å². The molecule has 0 radical (unpaired) electrons. The number of nitrogens with one attached hydrogen (secondary N) is 1. The molecule has 0 atom stereocenters. The zero-order chi connectivity index (χ0) is 14.0. The minimum Gasteiger partial charge on any atom is -0.335 e. The summed E-state index contributed by atoms with van der Waals surface area (Å²) < 4.78 is 0. The number of rotatable bonds is 1. The number of aliphatic imine (C=N–C) groups is 1. The van der Waals surface area contributed by atoms with Gasteiger partial charge in [0.25, 0.3) is 0 Å². The van der Waals surface area contributed by atoms with Crippen molar-refractivity contribution in [2.45, 2.75) is 38.1 Å². The van der Waals surface area contributed by atoms with E-state index in [-0.39, 0.29) is 5.54 Å². The molecular weight excluding hydrogens is 266 g/mol. The second kappa shape index (κ2) is 5.49. The van der Waals surface area contributed by atoms with Crippen molar-refractivity contribution >= 4 is 22.6 Å². The summed E-state index contributed by atoms with van der Waals surface area (Å²) in [6, 6.07) is 9.74. The summed E-state index contributed by atoms with van der Waals surface area (Å²) in [5.74, 6) is 1.95. The van der Waals surface area contributed by atoms with E-state index in [0.29, 0.717) is 5.56 Å². The molecule has 1 aromatic carbocycles. The van der Waals surface area contributed by atoms with Crippen molar-refractivity contribution in [2.75, 3.05) is 11.1 Å². The summed E-state index contributed by atoms with van der Waals surface area (Å²) in [4.78, 5) is 4.95. The first-order valence-electron chi connectivity index (χ1n) is 7.19. The molecular formula is C16H19N3S. The highest BCUT2D eigenvalue weighted by Gasteiger charge is 2.38. The van der Waals surface area contributed by atoms with Gasteiger partial charge in [0.2, 0.25) is 0 Å². The normalized spacial score (nSPS) is 29.0. The van der Waals surface area contributed by atoms with Gasteiger partial charge in [-0.25, -0.2) is 0 Å². The lowest BCUT2D eigenvalue weighted by Gasteiger charge is -2.32. The van der Waals surface area contributed by atoms with Gasteiger partial charge < -0.3 is 5.32 Å². The van der Waals surface area contributed by atoms with Crippen molar-refractivity contribution in [3.63, 3.8) is 0 Å². The Morgan fingerprint density at radius 2 is 2.20 bits per heavy atom. The molecule has 1 spiro atoms. The van der Waals surface area contributed by atoms with Crippen molar-refractivity contribution in [2.24, 2.45) is 10.9 Å². The molecule has 0 bridgehead atoms. The maximum Gasteiger partial charge on any atom is 0.161 e. The molecule has 0 amide bonds. The molecule has 3 nitrogen and oxygen atoms in total. The average Bonchev–Trinajstić information content (AvgIpc) is 2.86. The van der Waals surface area contributed by atoms with Crippen LogP contribution in [-0.4, -0.2) is 16.5 Å². The topological polar surface area (TPSA) is 48.2 Å². The Hall–Kier alpha value is -1.47. The van der Waals surface area contributed by atoms with E-state index in [1.54, 1.807) is 0 Å². The zero-order valence-electron chi connectivity index (χ0n) is 11.7. The standard InChI is InChI=1S/C16H19N3S/c1-12-5-7-16(8-6-12)11-20-15(19-16)18-14-4-2-3-13(9-14)10-17/h2-4,9,12H,5-8,11H2,1H3,(H,18,19). The molecule has 1 fully saturated rings. The number of nitrogens with zero attached hydrogens (tertiary/aromatic N) is 2. The van der Waals surface area contributed by atoms with Crippen LogP contribution in [0.5, 0.6) is 0 Å². The van der Waals surface area contributed by atoms with Crippen LogP contribution in [0, 0.1) is 17.2 Å². The van der Waals surface area contributed by atoms with Gasteiger partial charge in [-0.2, -0.15) is 5.26 Å². The van der Waals surface area contributed by atoms with Crippen LogP contribution in [0.4, 0.5) is 5.69 Å². The van der Waals surface area contributed by atoms with Crippen LogP contribution in [-0.2, 0) is 0 Å². The fourth-order valence-corrected chi connectivity index (χ4v) is 4.10. The Morgan fingerprint density at radius 1 is 1.40 bits per heavy atom. The third-order valence-corrected chi connectivity index (χ3v) is 5.41. The van der Waals surface area contributed by atoms with Crippen LogP contribution in [0.1, 0.15) is 38.2 Å².